The van der Waals surface area contributed by atoms with Gasteiger partial charge in [-0.05, 0) is 42.1 Å². The lowest BCUT2D eigenvalue weighted by molar-refractivity contribution is 0.0978. The number of halogens is 1. The van der Waals surface area contributed by atoms with Gasteiger partial charge in [0.2, 0.25) is 0 Å². The van der Waals surface area contributed by atoms with Crippen molar-refractivity contribution in [2.45, 2.75) is 19.4 Å². The Balaban J connectivity index is 1.43. The largest absolute Gasteiger partial charge is 0.392 e. The van der Waals surface area contributed by atoms with Crippen molar-refractivity contribution in [1.29, 1.82) is 0 Å². The van der Waals surface area contributed by atoms with Gasteiger partial charge in [0.15, 0.2) is 5.78 Å². The number of aliphatic hydroxyl groups excluding tert-OH is 1. The number of anilines is 1. The summed E-state index contributed by atoms with van der Waals surface area (Å²) in [6.45, 7) is 4.83. The van der Waals surface area contributed by atoms with Crippen molar-refractivity contribution in [1.82, 2.24) is 4.90 Å². The topological polar surface area (TPSA) is 43.8 Å². The first-order chi connectivity index (χ1) is 12.2. The van der Waals surface area contributed by atoms with Gasteiger partial charge in [-0.25, -0.2) is 0 Å². The van der Waals surface area contributed by atoms with Gasteiger partial charge in [0.25, 0.3) is 0 Å². The molecule has 1 fully saturated rings. The number of ketones is 1. The fraction of sp³-hybridized carbons (Fsp3) is 0.421. The highest BCUT2D eigenvalue weighted by atomic mass is 35.5. The highest BCUT2D eigenvalue weighted by molar-refractivity contribution is 7.12. The summed E-state index contributed by atoms with van der Waals surface area (Å²) < 4.78 is 0. The Labute approximate surface area is 157 Å². The lowest BCUT2D eigenvalue weighted by atomic mass is 10.1. The molecule has 0 spiro atoms. The number of carbonyl (C=O) groups is 1. The van der Waals surface area contributed by atoms with Crippen molar-refractivity contribution in [2.24, 2.45) is 0 Å². The molecule has 2 heterocycles. The van der Waals surface area contributed by atoms with Crippen LogP contribution in [0.3, 0.4) is 0 Å². The third-order valence-electron chi connectivity index (χ3n) is 4.62. The van der Waals surface area contributed by atoms with E-state index in [0.29, 0.717) is 11.4 Å². The molecular weight excluding hydrogens is 356 g/mol. The Morgan fingerprint density at radius 3 is 2.64 bits per heavy atom. The molecule has 0 amide bonds. The lowest BCUT2D eigenvalue weighted by Gasteiger charge is -2.36. The molecule has 1 N–H and O–H groups in total. The zero-order valence-electron chi connectivity index (χ0n) is 14.2. The molecule has 1 aromatic heterocycles. The summed E-state index contributed by atoms with van der Waals surface area (Å²) in [7, 11) is 0. The summed E-state index contributed by atoms with van der Waals surface area (Å²) in [4.78, 5) is 17.6. The summed E-state index contributed by atoms with van der Waals surface area (Å²) >= 11 is 7.71. The van der Waals surface area contributed by atoms with E-state index in [1.54, 1.807) is 0 Å². The maximum Gasteiger partial charge on any atom is 0.172 e. The number of thiophene rings is 1. The van der Waals surface area contributed by atoms with Crippen LogP contribution >= 0.6 is 22.9 Å². The molecule has 0 atom stereocenters. The first-order valence-electron chi connectivity index (χ1n) is 8.60. The van der Waals surface area contributed by atoms with Crippen LogP contribution < -0.4 is 4.90 Å². The molecular formula is C19H23ClN2O2S. The van der Waals surface area contributed by atoms with Gasteiger partial charge < -0.3 is 10.0 Å². The van der Waals surface area contributed by atoms with Gasteiger partial charge in [-0.2, -0.15) is 0 Å². The number of carbonyl (C=O) groups excluding carboxylic acids is 1. The fourth-order valence-corrected chi connectivity index (χ4v) is 4.04. The Morgan fingerprint density at radius 2 is 2.00 bits per heavy atom. The summed E-state index contributed by atoms with van der Waals surface area (Å²) in [5, 5.41) is 11.8. The van der Waals surface area contributed by atoms with E-state index in [9.17, 15) is 9.90 Å². The smallest absolute Gasteiger partial charge is 0.172 e. The normalized spacial score (nSPS) is 15.5. The highest BCUT2D eigenvalue weighted by Crippen LogP contribution is 2.24. The molecule has 2 aromatic rings. The average Bonchev–Trinajstić information content (AvgIpc) is 3.17. The predicted molar refractivity (Wildman–Crippen MR) is 104 cm³/mol. The number of benzene rings is 1. The fourth-order valence-electron chi connectivity index (χ4n) is 3.11. The molecule has 25 heavy (non-hydrogen) atoms. The van der Waals surface area contributed by atoms with E-state index < -0.39 is 0 Å². The monoisotopic (exact) mass is 378 g/mol. The molecule has 6 heteroatoms. The standard InChI is InChI=1S/C19H23ClN2O2S/c20-17-13-16(6-5-15(17)14-23)22-10-8-21(9-11-22)7-1-3-18(24)19-4-2-12-25-19/h2,4-6,12-13,23H,1,3,7-11,14H2. The first kappa shape index (κ1) is 18.4. The van der Waals surface area contributed by atoms with Crippen LogP contribution in [-0.2, 0) is 6.61 Å². The molecule has 4 nitrogen and oxygen atoms in total. The van der Waals surface area contributed by atoms with Crippen LogP contribution in [0, 0.1) is 0 Å². The predicted octanol–water partition coefficient (Wildman–Crippen LogP) is 3.68. The highest BCUT2D eigenvalue weighted by Gasteiger charge is 2.18. The molecule has 0 bridgehead atoms. The Kier molecular flexibility index (Phi) is 6.48. The summed E-state index contributed by atoms with van der Waals surface area (Å²) in [6.07, 6.45) is 1.53. The zero-order valence-corrected chi connectivity index (χ0v) is 15.7. The average molecular weight is 379 g/mol. The van der Waals surface area contributed by atoms with Crippen LogP contribution in [0.1, 0.15) is 28.1 Å². The number of hydrogen-bond acceptors (Lipinski definition) is 5. The van der Waals surface area contributed by atoms with Gasteiger partial charge >= 0.3 is 0 Å². The number of aliphatic hydroxyl groups is 1. The minimum absolute atomic E-state index is 0.0307. The van der Waals surface area contributed by atoms with Crippen LogP contribution in [0.4, 0.5) is 5.69 Å². The van der Waals surface area contributed by atoms with Gasteiger partial charge in [0, 0.05) is 43.3 Å². The minimum atomic E-state index is -0.0307. The quantitative estimate of drug-likeness (QED) is 0.746. The third-order valence-corrected chi connectivity index (χ3v) is 5.88. The Hall–Kier alpha value is -1.40. The van der Waals surface area contributed by atoms with E-state index in [-0.39, 0.29) is 12.4 Å². The summed E-state index contributed by atoms with van der Waals surface area (Å²) in [6, 6.07) is 9.67. The summed E-state index contributed by atoms with van der Waals surface area (Å²) in [5.74, 6) is 0.257. The van der Waals surface area contributed by atoms with Crippen LogP contribution in [0.15, 0.2) is 35.7 Å². The third kappa shape index (κ3) is 4.82. The van der Waals surface area contributed by atoms with Gasteiger partial charge in [0.1, 0.15) is 0 Å². The maximum absolute atomic E-state index is 12.0. The molecule has 1 saturated heterocycles. The van der Waals surface area contributed by atoms with Crippen LogP contribution in [0.2, 0.25) is 5.02 Å². The van der Waals surface area contributed by atoms with E-state index in [4.69, 9.17) is 11.6 Å². The number of nitrogens with zero attached hydrogens (tertiary/aromatic N) is 2. The van der Waals surface area contributed by atoms with E-state index >= 15 is 0 Å². The maximum atomic E-state index is 12.0. The summed E-state index contributed by atoms with van der Waals surface area (Å²) in [5.41, 5.74) is 1.87. The molecule has 1 aliphatic heterocycles. The molecule has 1 aromatic carbocycles. The molecule has 134 valence electrons. The first-order valence-corrected chi connectivity index (χ1v) is 9.86. The second kappa shape index (κ2) is 8.81. The second-order valence-corrected chi connectivity index (χ2v) is 7.62. The van der Waals surface area contributed by atoms with E-state index in [1.165, 1.54) is 11.3 Å². The van der Waals surface area contributed by atoms with Gasteiger partial charge in [-0.3, -0.25) is 9.69 Å². The molecule has 3 rings (SSSR count). The van der Waals surface area contributed by atoms with Gasteiger partial charge in [0.05, 0.1) is 11.5 Å². The Bertz CT molecular complexity index is 697. The molecule has 0 radical (unpaired) electrons. The van der Waals surface area contributed by atoms with Gasteiger partial charge in [-0.1, -0.05) is 23.7 Å². The van der Waals surface area contributed by atoms with Crippen molar-refractivity contribution in [2.75, 3.05) is 37.6 Å². The molecule has 0 aliphatic carbocycles. The lowest BCUT2D eigenvalue weighted by Crippen LogP contribution is -2.46. The van der Waals surface area contributed by atoms with Crippen molar-refractivity contribution >= 4 is 34.4 Å². The zero-order chi connectivity index (χ0) is 17.6. The van der Waals surface area contributed by atoms with E-state index in [0.717, 1.165) is 55.3 Å². The van der Waals surface area contributed by atoms with Crippen LogP contribution in [-0.4, -0.2) is 48.5 Å². The van der Waals surface area contributed by atoms with Crippen molar-refractivity contribution < 1.29 is 9.90 Å². The molecule has 0 saturated carbocycles. The second-order valence-electron chi connectivity index (χ2n) is 6.27. The number of hydrogen-bond donors (Lipinski definition) is 1. The minimum Gasteiger partial charge on any atom is -0.392 e. The van der Waals surface area contributed by atoms with Crippen LogP contribution in [0.5, 0.6) is 0 Å². The number of piperazine rings is 1. The van der Waals surface area contributed by atoms with Crippen LogP contribution in [0.25, 0.3) is 0 Å². The molecule has 1 aliphatic rings. The SMILES string of the molecule is O=C(CCCN1CCN(c2ccc(CO)c(Cl)c2)CC1)c1cccs1. The Morgan fingerprint density at radius 1 is 1.20 bits per heavy atom. The van der Waals surface area contributed by atoms with Crippen molar-refractivity contribution in [3.05, 3.63) is 51.2 Å². The van der Waals surface area contributed by atoms with E-state index in [1.807, 2.05) is 35.7 Å². The number of rotatable bonds is 7. The van der Waals surface area contributed by atoms with Gasteiger partial charge in [-0.15, -0.1) is 11.3 Å². The molecule has 0 unspecified atom stereocenters. The van der Waals surface area contributed by atoms with Crippen molar-refractivity contribution in [3.63, 3.8) is 0 Å². The number of Topliss-reactive ketones (excluding diaryl/α,β-unsaturated/α-hetero) is 1. The van der Waals surface area contributed by atoms with Crippen molar-refractivity contribution in [3.8, 4) is 0 Å². The van der Waals surface area contributed by atoms with E-state index in [2.05, 4.69) is 9.80 Å².